The molecule has 5 rings (SSSR count). The molecule has 6 nitrogen and oxygen atoms in total. The van der Waals surface area contributed by atoms with E-state index in [0.29, 0.717) is 55.2 Å². The monoisotopic (exact) mass is 576 g/mol. The van der Waals surface area contributed by atoms with Crippen molar-refractivity contribution < 1.29 is 22.0 Å². The van der Waals surface area contributed by atoms with E-state index in [0.717, 1.165) is 24.1 Å². The molecule has 2 N–H and O–H groups in total. The van der Waals surface area contributed by atoms with Crippen LogP contribution >= 0.6 is 0 Å². The summed E-state index contributed by atoms with van der Waals surface area (Å²) < 4.78 is 72.2. The van der Waals surface area contributed by atoms with Crippen LogP contribution in [0.3, 0.4) is 0 Å². The summed E-state index contributed by atoms with van der Waals surface area (Å²) in [5, 5.41) is 0. The average Bonchev–Trinajstić information content (AvgIpc) is 3.62. The van der Waals surface area contributed by atoms with Crippen molar-refractivity contribution in [2.45, 2.75) is 83.6 Å². The molecule has 2 aliphatic rings. The van der Waals surface area contributed by atoms with Crippen LogP contribution in [0.4, 0.5) is 33.6 Å². The number of alkyl halides is 4. The number of piperidine rings is 1. The second-order valence-electron chi connectivity index (χ2n) is 11.5. The first-order valence-electron chi connectivity index (χ1n) is 14.5. The van der Waals surface area contributed by atoms with E-state index < -0.39 is 29.6 Å². The summed E-state index contributed by atoms with van der Waals surface area (Å²) in [6.45, 7) is 5.37. The molecule has 41 heavy (non-hydrogen) atoms. The van der Waals surface area contributed by atoms with E-state index in [4.69, 9.17) is 10.7 Å². The van der Waals surface area contributed by atoms with E-state index in [1.54, 1.807) is 6.20 Å². The van der Waals surface area contributed by atoms with E-state index in [2.05, 4.69) is 16.9 Å². The van der Waals surface area contributed by atoms with Gasteiger partial charge in [0, 0.05) is 30.4 Å². The Morgan fingerprint density at radius 2 is 1.88 bits per heavy atom. The molecule has 222 valence electrons. The van der Waals surface area contributed by atoms with Crippen molar-refractivity contribution in [3.05, 3.63) is 53.5 Å². The Labute approximate surface area is 237 Å². The second-order valence-corrected chi connectivity index (χ2v) is 11.5. The SMILES string of the molecule is CCc1c(N)ncnc1N1CCC(c2nc(-c3ccc(F)c(C(F)(F)F)c3)cn2CCC(C)C2CCCC2)C(F)C1. The molecule has 1 saturated carbocycles. The summed E-state index contributed by atoms with van der Waals surface area (Å²) in [5.74, 6) is 0.760. The summed E-state index contributed by atoms with van der Waals surface area (Å²) in [4.78, 5) is 15.0. The molecule has 3 unspecified atom stereocenters. The molecule has 0 bridgehead atoms. The smallest absolute Gasteiger partial charge is 0.383 e. The molecule has 1 aliphatic heterocycles. The maximum Gasteiger partial charge on any atom is 0.419 e. The number of hydrogen-bond donors (Lipinski definition) is 1. The molecule has 0 radical (unpaired) electrons. The second kappa shape index (κ2) is 11.9. The lowest BCUT2D eigenvalue weighted by molar-refractivity contribution is -0.139. The molecule has 3 heterocycles. The number of aromatic nitrogens is 4. The number of nitrogens with zero attached hydrogens (tertiary/aromatic N) is 5. The van der Waals surface area contributed by atoms with E-state index in [9.17, 15) is 17.6 Å². The number of aryl methyl sites for hydroxylation is 1. The maximum atomic E-state index is 15.9. The van der Waals surface area contributed by atoms with Crippen molar-refractivity contribution in [3.8, 4) is 11.3 Å². The minimum Gasteiger partial charge on any atom is -0.383 e. The highest BCUT2D eigenvalue weighted by Crippen LogP contribution is 2.38. The number of anilines is 2. The Morgan fingerprint density at radius 3 is 2.56 bits per heavy atom. The Hall–Kier alpha value is -3.24. The standard InChI is InChI=1S/C30H37F5N6/c1-3-21-27(36)37-17-38-28(21)40-13-11-22(25(32)15-40)29-39-26(20-8-9-24(31)23(14-20)30(33,34)35)16-41(29)12-10-18(2)19-6-4-5-7-19/h8-9,14,16-19,22,25H,3-7,10-13,15H2,1-2H3,(H2,36,37,38). The Morgan fingerprint density at radius 1 is 1.12 bits per heavy atom. The van der Waals surface area contributed by atoms with Crippen molar-refractivity contribution in [2.75, 3.05) is 23.7 Å². The van der Waals surface area contributed by atoms with Gasteiger partial charge in [-0.1, -0.05) is 39.5 Å². The molecular formula is C30H37F5N6. The quantitative estimate of drug-likeness (QED) is 0.288. The number of rotatable bonds is 8. The highest BCUT2D eigenvalue weighted by atomic mass is 19.4. The van der Waals surface area contributed by atoms with Crippen molar-refractivity contribution in [3.63, 3.8) is 0 Å². The van der Waals surface area contributed by atoms with Crippen LogP contribution in [-0.2, 0) is 19.1 Å². The van der Waals surface area contributed by atoms with Gasteiger partial charge in [-0.15, -0.1) is 0 Å². The normalized spacial score (nSPS) is 21.0. The number of benzene rings is 1. The van der Waals surface area contributed by atoms with Crippen molar-refractivity contribution in [1.82, 2.24) is 19.5 Å². The summed E-state index contributed by atoms with van der Waals surface area (Å²) in [6, 6.07) is 2.89. The highest BCUT2D eigenvalue weighted by Gasteiger charge is 2.37. The van der Waals surface area contributed by atoms with Crippen LogP contribution in [0.5, 0.6) is 0 Å². The molecule has 0 amide bonds. The third-order valence-corrected chi connectivity index (χ3v) is 8.89. The third-order valence-electron chi connectivity index (χ3n) is 8.89. The molecule has 1 aliphatic carbocycles. The summed E-state index contributed by atoms with van der Waals surface area (Å²) in [6.07, 6.45) is 3.77. The zero-order chi connectivity index (χ0) is 29.3. The molecule has 2 fully saturated rings. The molecule has 1 saturated heterocycles. The lowest BCUT2D eigenvalue weighted by Gasteiger charge is -2.36. The molecule has 3 aromatic rings. The Kier molecular flexibility index (Phi) is 8.52. The Bertz CT molecular complexity index is 1350. The van der Waals surface area contributed by atoms with Gasteiger partial charge in [-0.3, -0.25) is 0 Å². The molecule has 3 atom stereocenters. The van der Waals surface area contributed by atoms with Crippen LogP contribution in [0.2, 0.25) is 0 Å². The van der Waals surface area contributed by atoms with Crippen LogP contribution in [0.1, 0.15) is 75.2 Å². The van der Waals surface area contributed by atoms with Gasteiger partial charge in [-0.25, -0.2) is 23.7 Å². The van der Waals surface area contributed by atoms with Crippen LogP contribution in [-0.4, -0.2) is 38.8 Å². The summed E-state index contributed by atoms with van der Waals surface area (Å²) in [7, 11) is 0. The van der Waals surface area contributed by atoms with Crippen molar-refractivity contribution in [1.29, 1.82) is 0 Å². The molecule has 0 spiro atoms. The molecule has 1 aromatic carbocycles. The van der Waals surface area contributed by atoms with Gasteiger partial charge in [0.15, 0.2) is 0 Å². The highest BCUT2D eigenvalue weighted by molar-refractivity contribution is 5.61. The van der Waals surface area contributed by atoms with Crippen LogP contribution in [0.15, 0.2) is 30.7 Å². The van der Waals surface area contributed by atoms with E-state index in [1.807, 2.05) is 16.4 Å². The van der Waals surface area contributed by atoms with Gasteiger partial charge in [0.25, 0.3) is 0 Å². The van der Waals surface area contributed by atoms with Crippen molar-refractivity contribution in [2.24, 2.45) is 11.8 Å². The summed E-state index contributed by atoms with van der Waals surface area (Å²) >= 11 is 0. The number of halogens is 5. The fraction of sp³-hybridized carbons (Fsp3) is 0.567. The first-order chi connectivity index (χ1) is 19.6. The Balaban J connectivity index is 1.44. The lowest BCUT2D eigenvalue weighted by atomic mass is 9.89. The lowest BCUT2D eigenvalue weighted by Crippen LogP contribution is -2.42. The van der Waals surface area contributed by atoms with Gasteiger partial charge in [-0.2, -0.15) is 13.2 Å². The van der Waals surface area contributed by atoms with E-state index >= 15 is 4.39 Å². The number of imidazole rings is 1. The van der Waals surface area contributed by atoms with E-state index in [1.165, 1.54) is 38.1 Å². The minimum absolute atomic E-state index is 0.0869. The van der Waals surface area contributed by atoms with Gasteiger partial charge >= 0.3 is 6.18 Å². The fourth-order valence-electron chi connectivity index (χ4n) is 6.47. The van der Waals surface area contributed by atoms with Crippen molar-refractivity contribution >= 4 is 11.6 Å². The van der Waals surface area contributed by atoms with Crippen LogP contribution < -0.4 is 10.6 Å². The predicted molar refractivity (Wildman–Crippen MR) is 149 cm³/mol. The third kappa shape index (κ3) is 6.18. The maximum absolute atomic E-state index is 15.9. The zero-order valence-corrected chi connectivity index (χ0v) is 23.5. The van der Waals surface area contributed by atoms with Gasteiger partial charge in [0.1, 0.15) is 35.8 Å². The van der Waals surface area contributed by atoms with Gasteiger partial charge < -0.3 is 15.2 Å². The predicted octanol–water partition coefficient (Wildman–Crippen LogP) is 7.19. The first-order valence-corrected chi connectivity index (χ1v) is 14.5. The number of hydrogen-bond acceptors (Lipinski definition) is 5. The fourth-order valence-corrected chi connectivity index (χ4v) is 6.47. The number of nitrogens with two attached hydrogens (primary N) is 1. The van der Waals surface area contributed by atoms with Gasteiger partial charge in [0.05, 0.1) is 23.7 Å². The average molecular weight is 577 g/mol. The summed E-state index contributed by atoms with van der Waals surface area (Å²) in [5.41, 5.74) is 5.91. The largest absolute Gasteiger partial charge is 0.419 e. The first kappa shape index (κ1) is 29.3. The zero-order valence-electron chi connectivity index (χ0n) is 23.5. The molecular weight excluding hydrogens is 539 g/mol. The van der Waals surface area contributed by atoms with Gasteiger partial charge in [0.2, 0.25) is 0 Å². The van der Waals surface area contributed by atoms with Gasteiger partial charge in [-0.05, 0) is 49.3 Å². The molecule has 11 heteroatoms. The van der Waals surface area contributed by atoms with Crippen LogP contribution in [0.25, 0.3) is 11.3 Å². The number of nitrogen functional groups attached to an aromatic ring is 1. The minimum atomic E-state index is -4.83. The van der Waals surface area contributed by atoms with E-state index in [-0.39, 0.29) is 17.8 Å². The topological polar surface area (TPSA) is 72.9 Å². The molecule has 2 aromatic heterocycles. The van der Waals surface area contributed by atoms with Crippen LogP contribution in [0, 0.1) is 17.7 Å².